The van der Waals surface area contributed by atoms with Crippen LogP contribution in [0.4, 0.5) is 0 Å². The quantitative estimate of drug-likeness (QED) is 0.496. The van der Waals surface area contributed by atoms with Gasteiger partial charge in [-0.2, -0.15) is 0 Å². The summed E-state index contributed by atoms with van der Waals surface area (Å²) < 4.78 is 4.91. The number of benzene rings is 1. The minimum absolute atomic E-state index is 0.0984. The molecule has 0 spiro atoms. The van der Waals surface area contributed by atoms with E-state index in [-0.39, 0.29) is 5.75 Å². The van der Waals surface area contributed by atoms with Crippen LogP contribution in [0.5, 0.6) is 5.75 Å². The standard InChI is InChI=1S/C10H8O3/c1-6-4-10(12)13-9-5-7(11)2-3-8(6)9/h2-5,11H,1H3/i1+1,4+1,6+1,10+1. The highest BCUT2D eigenvalue weighted by Gasteiger charge is 2.01. The van der Waals surface area contributed by atoms with Gasteiger partial charge in [-0.15, -0.1) is 0 Å². The molecule has 0 atom stereocenters. The van der Waals surface area contributed by atoms with E-state index in [1.807, 2.05) is 6.92 Å². The number of phenols is 1. The van der Waals surface area contributed by atoms with Crippen LogP contribution in [0.1, 0.15) is 5.56 Å². The van der Waals surface area contributed by atoms with Gasteiger partial charge in [-0.3, -0.25) is 0 Å². The van der Waals surface area contributed by atoms with E-state index in [2.05, 4.69) is 0 Å². The summed E-state index contributed by atoms with van der Waals surface area (Å²) in [7, 11) is 0. The third-order valence-electron chi connectivity index (χ3n) is 1.93. The van der Waals surface area contributed by atoms with Crippen LogP contribution < -0.4 is 5.63 Å². The minimum Gasteiger partial charge on any atom is -0.508 e. The SMILES string of the molecule is [13CH3][13c]1[13cH][13c](=O)oc2cc(O)ccc21. The Bertz CT molecular complexity index is 511. The van der Waals surface area contributed by atoms with E-state index in [1.54, 1.807) is 12.1 Å². The molecule has 1 aromatic carbocycles. The predicted octanol–water partition coefficient (Wildman–Crippen LogP) is 1.81. The van der Waals surface area contributed by atoms with Crippen molar-refractivity contribution in [2.24, 2.45) is 0 Å². The van der Waals surface area contributed by atoms with Crippen LogP contribution in [0.25, 0.3) is 11.0 Å². The van der Waals surface area contributed by atoms with Crippen LogP contribution in [-0.2, 0) is 0 Å². The predicted molar refractivity (Wildman–Crippen MR) is 48.9 cm³/mol. The Morgan fingerprint density at radius 2 is 2.08 bits per heavy atom. The molecule has 0 aliphatic heterocycles. The first-order valence-corrected chi connectivity index (χ1v) is 3.90. The van der Waals surface area contributed by atoms with Crippen molar-refractivity contribution in [1.29, 1.82) is 0 Å². The second-order valence-corrected chi connectivity index (χ2v) is 2.93. The molecule has 0 bridgehead atoms. The molecule has 1 N–H and O–H groups in total. The number of aryl methyl sites for hydroxylation is 1. The van der Waals surface area contributed by atoms with Crippen molar-refractivity contribution in [3.8, 4) is 5.75 Å². The number of hydrogen-bond donors (Lipinski definition) is 1. The monoisotopic (exact) mass is 180 g/mol. The lowest BCUT2D eigenvalue weighted by Crippen LogP contribution is -1.97. The van der Waals surface area contributed by atoms with Crippen molar-refractivity contribution < 1.29 is 9.52 Å². The molecule has 3 nitrogen and oxygen atoms in total. The summed E-state index contributed by atoms with van der Waals surface area (Å²) in [5, 5.41) is 9.99. The normalized spacial score (nSPS) is 10.5. The maximum Gasteiger partial charge on any atom is 0.336 e. The molecule has 0 aliphatic carbocycles. The maximum atomic E-state index is 11.0. The van der Waals surface area contributed by atoms with Gasteiger partial charge in [0.05, 0.1) is 0 Å². The molecule has 0 saturated carbocycles. The third kappa shape index (κ3) is 1.28. The lowest BCUT2D eigenvalue weighted by Gasteiger charge is -1.99. The number of aromatic hydroxyl groups is 1. The maximum absolute atomic E-state index is 11.0. The first-order valence-electron chi connectivity index (χ1n) is 3.90. The molecular formula is C10H8O3. The Balaban J connectivity index is 2.94. The summed E-state index contributed by atoms with van der Waals surface area (Å²) in [4.78, 5) is 11.0. The second kappa shape index (κ2) is 2.62. The summed E-state index contributed by atoms with van der Waals surface area (Å²) in [6.07, 6.45) is 0. The molecular weight excluding hydrogens is 172 g/mol. The average molecular weight is 180 g/mol. The lowest BCUT2D eigenvalue weighted by atomic mass is 10.3. The van der Waals surface area contributed by atoms with Gasteiger partial charge in [-0.25, -0.2) is 4.79 Å². The van der Waals surface area contributed by atoms with Crippen LogP contribution in [-0.4, -0.2) is 5.11 Å². The summed E-state index contributed by atoms with van der Waals surface area (Å²) in [6, 6.07) is 6.15. The summed E-state index contributed by atoms with van der Waals surface area (Å²) in [5.74, 6) is 0.0984. The Hall–Kier alpha value is -1.77. The number of phenolic OH excluding ortho intramolecular Hbond substituents is 1. The molecule has 13 heavy (non-hydrogen) atoms. The van der Waals surface area contributed by atoms with Gasteiger partial charge in [0.1, 0.15) is 11.3 Å². The molecule has 0 unspecified atom stereocenters. The van der Waals surface area contributed by atoms with Crippen LogP contribution in [0.15, 0.2) is 33.5 Å². The molecule has 2 aromatic rings. The van der Waals surface area contributed by atoms with Crippen molar-refractivity contribution in [2.45, 2.75) is 6.92 Å². The van der Waals surface area contributed by atoms with Gasteiger partial charge in [0.2, 0.25) is 0 Å². The van der Waals surface area contributed by atoms with Gasteiger partial charge < -0.3 is 9.52 Å². The van der Waals surface area contributed by atoms with Crippen molar-refractivity contribution in [2.75, 3.05) is 0 Å². The van der Waals surface area contributed by atoms with E-state index >= 15 is 0 Å². The van der Waals surface area contributed by atoms with Crippen LogP contribution in [0, 0.1) is 6.92 Å². The first-order chi connectivity index (χ1) is 6.16. The Morgan fingerprint density at radius 1 is 1.31 bits per heavy atom. The van der Waals surface area contributed by atoms with E-state index in [0.29, 0.717) is 5.58 Å². The first kappa shape index (κ1) is 7.86. The van der Waals surface area contributed by atoms with Gasteiger partial charge in [-0.05, 0) is 24.6 Å². The number of fused-ring (bicyclic) bond motifs is 1. The molecule has 0 aliphatic rings. The topological polar surface area (TPSA) is 50.4 Å². The average Bonchev–Trinajstić information content (AvgIpc) is 2.02. The zero-order chi connectivity index (χ0) is 9.42. The van der Waals surface area contributed by atoms with Gasteiger partial charge in [0, 0.05) is 17.5 Å². The molecule has 0 fully saturated rings. The van der Waals surface area contributed by atoms with Crippen LogP contribution in [0.2, 0.25) is 0 Å². The molecule has 0 amide bonds. The van der Waals surface area contributed by atoms with Crippen LogP contribution >= 0.6 is 0 Å². The highest BCUT2D eigenvalue weighted by Crippen LogP contribution is 2.20. The van der Waals surface area contributed by atoms with Gasteiger partial charge >= 0.3 is 5.63 Å². The number of hydrogen-bond acceptors (Lipinski definition) is 3. The molecule has 2 rings (SSSR count). The lowest BCUT2D eigenvalue weighted by molar-refractivity contribution is 0.473. The zero-order valence-electron chi connectivity index (χ0n) is 7.07. The van der Waals surface area contributed by atoms with Crippen molar-refractivity contribution >= 4 is 11.0 Å². The molecule has 0 saturated heterocycles. The van der Waals surface area contributed by atoms with Gasteiger partial charge in [-0.1, -0.05) is 0 Å². The molecule has 3 heteroatoms. The van der Waals surface area contributed by atoms with E-state index in [4.69, 9.17) is 9.52 Å². The fourth-order valence-electron chi connectivity index (χ4n) is 1.31. The molecule has 66 valence electrons. The molecule has 0 radical (unpaired) electrons. The zero-order valence-corrected chi connectivity index (χ0v) is 7.07. The highest BCUT2D eigenvalue weighted by atomic mass is 16.5. The fourth-order valence-corrected chi connectivity index (χ4v) is 1.31. The van der Waals surface area contributed by atoms with Gasteiger partial charge in [0.25, 0.3) is 0 Å². The van der Waals surface area contributed by atoms with Crippen molar-refractivity contribution in [3.05, 3.63) is 40.2 Å². The highest BCUT2D eigenvalue weighted by molar-refractivity contribution is 5.81. The van der Waals surface area contributed by atoms with Crippen LogP contribution in [0.3, 0.4) is 0 Å². The van der Waals surface area contributed by atoms with E-state index < -0.39 is 5.63 Å². The van der Waals surface area contributed by atoms with Gasteiger partial charge in [0.15, 0.2) is 0 Å². The van der Waals surface area contributed by atoms with Crippen molar-refractivity contribution in [1.82, 2.24) is 0 Å². The Kier molecular flexibility index (Phi) is 1.59. The van der Waals surface area contributed by atoms with E-state index in [0.717, 1.165) is 10.9 Å². The smallest absolute Gasteiger partial charge is 0.336 e. The van der Waals surface area contributed by atoms with E-state index in [9.17, 15) is 4.79 Å². The third-order valence-corrected chi connectivity index (χ3v) is 1.93. The fraction of sp³-hybridized carbons (Fsp3) is 0.100. The Labute approximate surface area is 74.2 Å². The number of rotatable bonds is 0. The molecule has 1 aromatic heterocycles. The minimum atomic E-state index is -0.393. The Morgan fingerprint density at radius 3 is 2.85 bits per heavy atom. The molecule has 1 heterocycles. The summed E-state index contributed by atoms with van der Waals surface area (Å²) in [6.45, 7) is 1.83. The summed E-state index contributed by atoms with van der Waals surface area (Å²) >= 11 is 0. The second-order valence-electron chi connectivity index (χ2n) is 2.93. The van der Waals surface area contributed by atoms with Crippen molar-refractivity contribution in [3.63, 3.8) is 0 Å². The summed E-state index contributed by atoms with van der Waals surface area (Å²) in [5.41, 5.74) is 0.881. The largest absolute Gasteiger partial charge is 0.508 e. The van der Waals surface area contributed by atoms with E-state index in [1.165, 1.54) is 12.1 Å².